The predicted molar refractivity (Wildman–Crippen MR) is 93.4 cm³/mol. The largest absolute Gasteiger partial charge is 0.483 e. The Labute approximate surface area is 148 Å². The van der Waals surface area contributed by atoms with Crippen molar-refractivity contribution in [1.82, 2.24) is 20.1 Å². The summed E-state index contributed by atoms with van der Waals surface area (Å²) >= 11 is 6.09. The number of fused-ring (bicyclic) bond motifs is 1. The van der Waals surface area contributed by atoms with E-state index in [1.165, 1.54) is 0 Å². The van der Waals surface area contributed by atoms with Crippen molar-refractivity contribution in [2.75, 3.05) is 0 Å². The molecule has 2 heterocycles. The Hall–Kier alpha value is -2.99. The Balaban J connectivity index is 1.54. The second-order valence-corrected chi connectivity index (χ2v) is 5.83. The van der Waals surface area contributed by atoms with Gasteiger partial charge in [-0.25, -0.2) is 0 Å². The first-order valence-corrected chi connectivity index (χ1v) is 8.00. The van der Waals surface area contributed by atoms with Gasteiger partial charge in [0.05, 0.1) is 11.0 Å². The molecule has 2 aromatic heterocycles. The molecule has 0 saturated heterocycles. The van der Waals surface area contributed by atoms with Crippen LogP contribution in [-0.2, 0) is 6.61 Å². The van der Waals surface area contributed by atoms with Gasteiger partial charge in [-0.1, -0.05) is 22.8 Å². The van der Waals surface area contributed by atoms with E-state index in [0.29, 0.717) is 22.5 Å². The summed E-state index contributed by atoms with van der Waals surface area (Å²) in [5.74, 6) is 1.55. The van der Waals surface area contributed by atoms with Gasteiger partial charge in [0.15, 0.2) is 6.61 Å². The maximum absolute atomic E-state index is 6.09. The molecule has 4 aromatic rings. The number of benzene rings is 2. The van der Waals surface area contributed by atoms with Gasteiger partial charge in [0.2, 0.25) is 5.82 Å². The fourth-order valence-electron chi connectivity index (χ4n) is 2.42. The number of ether oxygens (including phenoxy) is 1. The number of nitrogens with zero attached hydrogens (tertiary/aromatic N) is 4. The third-order valence-electron chi connectivity index (χ3n) is 3.76. The molecule has 0 aliphatic heterocycles. The monoisotopic (exact) mass is 352 g/mol. The van der Waals surface area contributed by atoms with Crippen LogP contribution in [0.4, 0.5) is 0 Å². The Bertz CT molecular complexity index is 1050. The SMILES string of the molecule is Cc1c(Cl)cccc1OCc1nc(-c2ccc3nccnc3c2)no1. The molecule has 124 valence electrons. The summed E-state index contributed by atoms with van der Waals surface area (Å²) < 4.78 is 11.0. The maximum Gasteiger partial charge on any atom is 0.264 e. The Morgan fingerprint density at radius 1 is 1.08 bits per heavy atom. The summed E-state index contributed by atoms with van der Waals surface area (Å²) in [6.45, 7) is 2.06. The fourth-order valence-corrected chi connectivity index (χ4v) is 2.58. The highest BCUT2D eigenvalue weighted by atomic mass is 35.5. The zero-order valence-corrected chi connectivity index (χ0v) is 14.1. The third-order valence-corrected chi connectivity index (χ3v) is 4.17. The molecule has 0 N–H and O–H groups in total. The van der Waals surface area contributed by atoms with E-state index in [9.17, 15) is 0 Å². The highest BCUT2D eigenvalue weighted by molar-refractivity contribution is 6.31. The molecule has 0 unspecified atom stereocenters. The van der Waals surface area contributed by atoms with Gasteiger partial charge in [-0.2, -0.15) is 4.98 Å². The summed E-state index contributed by atoms with van der Waals surface area (Å²) in [6.07, 6.45) is 3.30. The first-order valence-electron chi connectivity index (χ1n) is 7.62. The van der Waals surface area contributed by atoms with Crippen molar-refractivity contribution in [2.45, 2.75) is 13.5 Å². The molecule has 0 fully saturated rings. The van der Waals surface area contributed by atoms with Crippen LogP contribution in [0.1, 0.15) is 11.5 Å². The molecule has 0 atom stereocenters. The van der Waals surface area contributed by atoms with Crippen LogP contribution in [0.5, 0.6) is 5.75 Å². The first kappa shape index (κ1) is 15.5. The van der Waals surface area contributed by atoms with Gasteiger partial charge in [0.25, 0.3) is 5.89 Å². The zero-order chi connectivity index (χ0) is 17.2. The normalized spacial score (nSPS) is 11.0. The fraction of sp³-hybridized carbons (Fsp3) is 0.111. The topological polar surface area (TPSA) is 73.9 Å². The number of hydrogen-bond donors (Lipinski definition) is 0. The van der Waals surface area contributed by atoms with Crippen molar-refractivity contribution in [3.05, 3.63) is 65.3 Å². The lowest BCUT2D eigenvalue weighted by Crippen LogP contribution is -1.97. The Morgan fingerprint density at radius 2 is 1.92 bits per heavy atom. The lowest BCUT2D eigenvalue weighted by molar-refractivity contribution is 0.242. The van der Waals surface area contributed by atoms with Crippen LogP contribution in [0, 0.1) is 6.92 Å². The Kier molecular flexibility index (Phi) is 4.03. The molecule has 0 amide bonds. The molecule has 0 bridgehead atoms. The predicted octanol–water partition coefficient (Wildman–Crippen LogP) is 4.22. The van der Waals surface area contributed by atoms with Crippen LogP contribution in [0.2, 0.25) is 5.02 Å². The minimum Gasteiger partial charge on any atom is -0.483 e. The van der Waals surface area contributed by atoms with Gasteiger partial charge >= 0.3 is 0 Å². The first-order chi connectivity index (χ1) is 12.2. The van der Waals surface area contributed by atoms with E-state index in [0.717, 1.165) is 22.2 Å². The molecule has 0 aliphatic carbocycles. The van der Waals surface area contributed by atoms with Gasteiger partial charge in [-0.05, 0) is 37.3 Å². The van der Waals surface area contributed by atoms with E-state index in [1.807, 2.05) is 43.3 Å². The Morgan fingerprint density at radius 3 is 2.80 bits per heavy atom. The van der Waals surface area contributed by atoms with Gasteiger partial charge in [-0.15, -0.1) is 0 Å². The van der Waals surface area contributed by atoms with E-state index < -0.39 is 0 Å². The van der Waals surface area contributed by atoms with Crippen molar-refractivity contribution < 1.29 is 9.26 Å². The number of halogens is 1. The minimum atomic E-state index is 0.168. The van der Waals surface area contributed by atoms with Crippen LogP contribution in [0.3, 0.4) is 0 Å². The highest BCUT2D eigenvalue weighted by Gasteiger charge is 2.11. The summed E-state index contributed by atoms with van der Waals surface area (Å²) in [5, 5.41) is 4.66. The second kappa shape index (κ2) is 6.49. The van der Waals surface area contributed by atoms with Crippen LogP contribution in [0.15, 0.2) is 53.3 Å². The highest BCUT2D eigenvalue weighted by Crippen LogP contribution is 2.26. The summed E-state index contributed by atoms with van der Waals surface area (Å²) in [6, 6.07) is 11.1. The number of aromatic nitrogens is 4. The molecular weight excluding hydrogens is 340 g/mol. The van der Waals surface area contributed by atoms with Gasteiger partial charge in [0.1, 0.15) is 5.75 Å². The van der Waals surface area contributed by atoms with Gasteiger partial charge in [0, 0.05) is 28.5 Å². The molecule has 0 radical (unpaired) electrons. The second-order valence-electron chi connectivity index (χ2n) is 5.42. The third kappa shape index (κ3) is 3.16. The molecular formula is C18H13ClN4O2. The lowest BCUT2D eigenvalue weighted by Gasteiger charge is -2.07. The summed E-state index contributed by atoms with van der Waals surface area (Å²) in [4.78, 5) is 12.9. The summed E-state index contributed by atoms with van der Waals surface area (Å²) in [5.41, 5.74) is 3.27. The zero-order valence-electron chi connectivity index (χ0n) is 13.3. The van der Waals surface area contributed by atoms with Gasteiger partial charge < -0.3 is 9.26 Å². The van der Waals surface area contributed by atoms with E-state index in [4.69, 9.17) is 20.9 Å². The van der Waals surface area contributed by atoms with Crippen LogP contribution in [-0.4, -0.2) is 20.1 Å². The molecule has 7 heteroatoms. The molecule has 0 saturated carbocycles. The molecule has 4 rings (SSSR count). The smallest absolute Gasteiger partial charge is 0.264 e. The maximum atomic E-state index is 6.09. The lowest BCUT2D eigenvalue weighted by atomic mass is 10.2. The summed E-state index contributed by atoms with van der Waals surface area (Å²) in [7, 11) is 0. The van der Waals surface area contributed by atoms with E-state index in [1.54, 1.807) is 12.4 Å². The van der Waals surface area contributed by atoms with Crippen molar-refractivity contribution in [3.63, 3.8) is 0 Å². The quantitative estimate of drug-likeness (QED) is 0.547. The van der Waals surface area contributed by atoms with Crippen LogP contribution < -0.4 is 4.74 Å². The molecule has 2 aromatic carbocycles. The van der Waals surface area contributed by atoms with Crippen molar-refractivity contribution in [2.24, 2.45) is 0 Å². The molecule has 6 nitrogen and oxygen atoms in total. The van der Waals surface area contributed by atoms with Crippen molar-refractivity contribution >= 4 is 22.6 Å². The average molecular weight is 353 g/mol. The van der Waals surface area contributed by atoms with Crippen LogP contribution >= 0.6 is 11.6 Å². The molecule has 0 spiro atoms. The number of hydrogen-bond acceptors (Lipinski definition) is 6. The van der Waals surface area contributed by atoms with Gasteiger partial charge in [-0.3, -0.25) is 9.97 Å². The van der Waals surface area contributed by atoms with Crippen molar-refractivity contribution in [1.29, 1.82) is 0 Å². The van der Waals surface area contributed by atoms with E-state index >= 15 is 0 Å². The van der Waals surface area contributed by atoms with E-state index in [2.05, 4.69) is 20.1 Å². The standard InChI is InChI=1S/C18H13ClN4O2/c1-11-13(19)3-2-4-16(11)24-10-17-22-18(23-25-17)12-5-6-14-15(9-12)21-8-7-20-14/h2-9H,10H2,1H3. The molecule has 0 aliphatic rings. The molecule has 25 heavy (non-hydrogen) atoms. The van der Waals surface area contributed by atoms with Crippen molar-refractivity contribution in [3.8, 4) is 17.1 Å². The number of rotatable bonds is 4. The minimum absolute atomic E-state index is 0.168. The van der Waals surface area contributed by atoms with Crippen LogP contribution in [0.25, 0.3) is 22.4 Å². The van der Waals surface area contributed by atoms with E-state index in [-0.39, 0.29) is 6.61 Å². The average Bonchev–Trinajstić information content (AvgIpc) is 3.11.